The topological polar surface area (TPSA) is 73.2 Å². The molecule has 0 aliphatic carbocycles. The zero-order chi connectivity index (χ0) is 23.0. The second-order valence-electron chi connectivity index (χ2n) is 7.51. The summed E-state index contributed by atoms with van der Waals surface area (Å²) >= 11 is 0. The number of rotatable bonds is 11. The highest BCUT2D eigenvalue weighted by Crippen LogP contribution is 2.26. The lowest BCUT2D eigenvalue weighted by molar-refractivity contribution is -0.133. The molecule has 1 heterocycles. The quantitative estimate of drug-likeness (QED) is 0.547. The van der Waals surface area contributed by atoms with Crippen molar-refractivity contribution in [2.45, 2.75) is 26.4 Å². The van der Waals surface area contributed by atoms with Gasteiger partial charge in [-0.2, -0.15) is 0 Å². The molecule has 0 saturated heterocycles. The van der Waals surface area contributed by atoms with E-state index in [0.717, 1.165) is 5.69 Å². The number of nitrogens with zero attached hydrogens (tertiary/aromatic N) is 3. The van der Waals surface area contributed by atoms with Gasteiger partial charge in [-0.05, 0) is 38.1 Å². The summed E-state index contributed by atoms with van der Waals surface area (Å²) in [6.07, 6.45) is 1.94. The van der Waals surface area contributed by atoms with Gasteiger partial charge in [0.2, 0.25) is 5.91 Å². The van der Waals surface area contributed by atoms with E-state index < -0.39 is 0 Å². The normalized spacial score (nSPS) is 10.8. The summed E-state index contributed by atoms with van der Waals surface area (Å²) in [6, 6.07) is 8.76. The first-order valence-corrected chi connectivity index (χ1v) is 10.2. The van der Waals surface area contributed by atoms with Crippen LogP contribution in [0.5, 0.6) is 11.5 Å². The highest BCUT2D eigenvalue weighted by atomic mass is 16.5. The molecule has 8 nitrogen and oxygen atoms in total. The lowest BCUT2D eigenvalue weighted by atomic mass is 10.1. The van der Waals surface area contributed by atoms with Gasteiger partial charge in [0.05, 0.1) is 32.9 Å². The van der Waals surface area contributed by atoms with Crippen LogP contribution in [-0.4, -0.2) is 73.2 Å². The molecule has 2 aromatic rings. The van der Waals surface area contributed by atoms with Crippen molar-refractivity contribution in [3.05, 3.63) is 47.8 Å². The van der Waals surface area contributed by atoms with Crippen LogP contribution in [-0.2, 0) is 23.1 Å². The lowest BCUT2D eigenvalue weighted by Crippen LogP contribution is -2.46. The first kappa shape index (κ1) is 24.3. The number of aromatic nitrogens is 1. The van der Waals surface area contributed by atoms with E-state index in [0.29, 0.717) is 36.8 Å². The summed E-state index contributed by atoms with van der Waals surface area (Å²) in [4.78, 5) is 29.8. The SMILES string of the molecule is COCCN(Cc1cccn1C)C(=O)CN(C(=O)c1ccc(OC)cc1OC)C(C)C. The molecule has 8 heteroatoms. The van der Waals surface area contributed by atoms with Gasteiger partial charge in [0.25, 0.3) is 5.91 Å². The Kier molecular flexibility index (Phi) is 8.93. The smallest absolute Gasteiger partial charge is 0.258 e. The third kappa shape index (κ3) is 6.24. The van der Waals surface area contributed by atoms with Gasteiger partial charge in [0.1, 0.15) is 18.0 Å². The first-order chi connectivity index (χ1) is 14.8. The third-order valence-corrected chi connectivity index (χ3v) is 5.15. The minimum Gasteiger partial charge on any atom is -0.497 e. The molecular weight excluding hydrogens is 398 g/mol. The number of hydrogen-bond donors (Lipinski definition) is 0. The summed E-state index contributed by atoms with van der Waals surface area (Å²) < 4.78 is 17.8. The molecule has 1 aromatic heterocycles. The fraction of sp³-hybridized carbons (Fsp3) is 0.478. The second-order valence-corrected chi connectivity index (χ2v) is 7.51. The van der Waals surface area contributed by atoms with Gasteiger partial charge in [0.15, 0.2) is 0 Å². The maximum atomic E-state index is 13.3. The van der Waals surface area contributed by atoms with Crippen molar-refractivity contribution in [2.24, 2.45) is 7.05 Å². The number of carbonyl (C=O) groups excluding carboxylic acids is 2. The monoisotopic (exact) mass is 431 g/mol. The average Bonchev–Trinajstić information content (AvgIpc) is 3.17. The van der Waals surface area contributed by atoms with Crippen LogP contribution in [0.3, 0.4) is 0 Å². The Morgan fingerprint density at radius 1 is 1.10 bits per heavy atom. The zero-order valence-corrected chi connectivity index (χ0v) is 19.3. The number of ether oxygens (including phenoxy) is 3. The van der Waals surface area contributed by atoms with Crippen LogP contribution in [0.15, 0.2) is 36.5 Å². The molecule has 2 amide bonds. The van der Waals surface area contributed by atoms with E-state index in [9.17, 15) is 9.59 Å². The molecule has 0 aliphatic heterocycles. The molecule has 2 rings (SSSR count). The van der Waals surface area contributed by atoms with Crippen molar-refractivity contribution in [3.63, 3.8) is 0 Å². The fourth-order valence-corrected chi connectivity index (χ4v) is 3.21. The minimum atomic E-state index is -0.270. The van der Waals surface area contributed by atoms with Crippen LogP contribution < -0.4 is 9.47 Å². The Hall–Kier alpha value is -3.00. The fourth-order valence-electron chi connectivity index (χ4n) is 3.21. The first-order valence-electron chi connectivity index (χ1n) is 10.2. The summed E-state index contributed by atoms with van der Waals surface area (Å²) in [7, 11) is 6.60. The van der Waals surface area contributed by atoms with Gasteiger partial charge in [-0.25, -0.2) is 0 Å². The molecule has 0 N–H and O–H groups in total. The van der Waals surface area contributed by atoms with Crippen molar-refractivity contribution in [1.29, 1.82) is 0 Å². The largest absolute Gasteiger partial charge is 0.497 e. The molecule has 1 aromatic carbocycles. The van der Waals surface area contributed by atoms with Crippen molar-refractivity contribution in [1.82, 2.24) is 14.4 Å². The maximum absolute atomic E-state index is 13.3. The molecule has 0 unspecified atom stereocenters. The summed E-state index contributed by atoms with van der Waals surface area (Å²) in [5.74, 6) is 0.581. The van der Waals surface area contributed by atoms with Gasteiger partial charge in [0, 0.05) is 44.7 Å². The van der Waals surface area contributed by atoms with Crippen LogP contribution in [0.1, 0.15) is 29.9 Å². The second kappa shape index (κ2) is 11.4. The van der Waals surface area contributed by atoms with Gasteiger partial charge >= 0.3 is 0 Å². The highest BCUT2D eigenvalue weighted by molar-refractivity contribution is 5.99. The number of hydrogen-bond acceptors (Lipinski definition) is 5. The molecule has 0 saturated carbocycles. The van der Waals surface area contributed by atoms with E-state index in [1.54, 1.807) is 42.2 Å². The van der Waals surface area contributed by atoms with Crippen LogP contribution in [0, 0.1) is 0 Å². The van der Waals surface area contributed by atoms with Crippen molar-refractivity contribution >= 4 is 11.8 Å². The molecule has 170 valence electrons. The van der Waals surface area contributed by atoms with E-state index >= 15 is 0 Å². The molecule has 0 aliphatic rings. The van der Waals surface area contributed by atoms with E-state index in [-0.39, 0.29) is 24.4 Å². The predicted molar refractivity (Wildman–Crippen MR) is 118 cm³/mol. The Morgan fingerprint density at radius 3 is 2.39 bits per heavy atom. The van der Waals surface area contributed by atoms with Crippen LogP contribution in [0.25, 0.3) is 0 Å². The van der Waals surface area contributed by atoms with Crippen LogP contribution in [0.4, 0.5) is 0 Å². The molecule has 0 fully saturated rings. The number of amides is 2. The van der Waals surface area contributed by atoms with Gasteiger partial charge in [-0.15, -0.1) is 0 Å². The highest BCUT2D eigenvalue weighted by Gasteiger charge is 2.27. The summed E-state index contributed by atoms with van der Waals surface area (Å²) in [6.45, 7) is 5.03. The lowest BCUT2D eigenvalue weighted by Gasteiger charge is -2.30. The van der Waals surface area contributed by atoms with E-state index in [4.69, 9.17) is 14.2 Å². The average molecular weight is 432 g/mol. The van der Waals surface area contributed by atoms with E-state index in [1.807, 2.05) is 43.8 Å². The molecule has 0 atom stereocenters. The molecule has 31 heavy (non-hydrogen) atoms. The van der Waals surface area contributed by atoms with Crippen molar-refractivity contribution in [3.8, 4) is 11.5 Å². The summed E-state index contributed by atoms with van der Waals surface area (Å²) in [5.41, 5.74) is 1.39. The Balaban J connectivity index is 2.24. The third-order valence-electron chi connectivity index (χ3n) is 5.15. The molecule has 0 spiro atoms. The van der Waals surface area contributed by atoms with E-state index in [1.165, 1.54) is 7.11 Å². The standard InChI is InChI=1S/C23H33N3O5/c1-17(2)26(23(28)20-10-9-19(30-5)14-21(20)31-6)16-22(27)25(12-13-29-4)15-18-8-7-11-24(18)3/h7-11,14,17H,12-13,15-16H2,1-6H3. The number of aryl methyl sites for hydroxylation is 1. The van der Waals surface area contributed by atoms with E-state index in [2.05, 4.69) is 0 Å². The molecule has 0 bridgehead atoms. The number of methoxy groups -OCH3 is 3. The maximum Gasteiger partial charge on any atom is 0.258 e. The summed E-state index contributed by atoms with van der Waals surface area (Å²) in [5, 5.41) is 0. The predicted octanol–water partition coefficient (Wildman–Crippen LogP) is 2.57. The van der Waals surface area contributed by atoms with Gasteiger partial charge in [-0.3, -0.25) is 9.59 Å². The van der Waals surface area contributed by atoms with Crippen LogP contribution in [0.2, 0.25) is 0 Å². The van der Waals surface area contributed by atoms with Gasteiger partial charge in [-0.1, -0.05) is 0 Å². The molecule has 0 radical (unpaired) electrons. The molecular formula is C23H33N3O5. The van der Waals surface area contributed by atoms with Crippen molar-refractivity contribution < 1.29 is 23.8 Å². The number of benzene rings is 1. The van der Waals surface area contributed by atoms with Crippen LogP contribution >= 0.6 is 0 Å². The van der Waals surface area contributed by atoms with Crippen molar-refractivity contribution in [2.75, 3.05) is 41.0 Å². The zero-order valence-electron chi connectivity index (χ0n) is 19.3. The Morgan fingerprint density at radius 2 is 1.84 bits per heavy atom. The number of carbonyl (C=O) groups is 2. The van der Waals surface area contributed by atoms with Gasteiger partial charge < -0.3 is 28.6 Å². The minimum absolute atomic E-state index is 0.0418. The Labute approximate surface area is 184 Å². The Bertz CT molecular complexity index is 878.